The maximum atomic E-state index is 12.2. The summed E-state index contributed by atoms with van der Waals surface area (Å²) in [6, 6.07) is 5.69. The highest BCUT2D eigenvalue weighted by molar-refractivity contribution is 6.02. The molecule has 19 heavy (non-hydrogen) atoms. The molecule has 104 valence electrons. The summed E-state index contributed by atoms with van der Waals surface area (Å²) >= 11 is 0. The summed E-state index contributed by atoms with van der Waals surface area (Å²) in [5, 5.41) is 9.45. The van der Waals surface area contributed by atoms with E-state index >= 15 is 0 Å². The molecule has 5 heteroatoms. The van der Waals surface area contributed by atoms with Gasteiger partial charge >= 0.3 is 0 Å². The van der Waals surface area contributed by atoms with Gasteiger partial charge in [-0.15, -0.1) is 0 Å². The highest BCUT2D eigenvalue weighted by atomic mass is 16.5. The van der Waals surface area contributed by atoms with Gasteiger partial charge in [-0.2, -0.15) is 0 Å². The largest absolute Gasteiger partial charge is 0.382 e. The predicted octanol–water partition coefficient (Wildman–Crippen LogP) is 1.68. The molecule has 1 aliphatic rings. The summed E-state index contributed by atoms with van der Waals surface area (Å²) in [5.41, 5.74) is 2.54. The second kappa shape index (κ2) is 6.43. The van der Waals surface area contributed by atoms with Crippen molar-refractivity contribution in [3.63, 3.8) is 0 Å². The summed E-state index contributed by atoms with van der Waals surface area (Å²) in [6.45, 7) is 6.77. The Morgan fingerprint density at radius 1 is 1.42 bits per heavy atom. The van der Waals surface area contributed by atoms with E-state index in [2.05, 4.69) is 16.0 Å². The number of para-hydroxylation sites is 1. The van der Waals surface area contributed by atoms with E-state index in [1.165, 1.54) is 0 Å². The molecule has 2 rings (SSSR count). The quantitative estimate of drug-likeness (QED) is 0.756. The summed E-state index contributed by atoms with van der Waals surface area (Å²) in [7, 11) is 0. The van der Waals surface area contributed by atoms with Crippen molar-refractivity contribution in [3.8, 4) is 0 Å². The van der Waals surface area contributed by atoms with Crippen LogP contribution in [0.25, 0.3) is 0 Å². The van der Waals surface area contributed by atoms with Crippen LogP contribution >= 0.6 is 0 Å². The number of carbonyl (C=O) groups excluding carboxylic acids is 1. The second-order valence-electron chi connectivity index (χ2n) is 4.56. The molecule has 0 saturated carbocycles. The Kier molecular flexibility index (Phi) is 4.63. The second-order valence-corrected chi connectivity index (χ2v) is 4.56. The van der Waals surface area contributed by atoms with Gasteiger partial charge in [0.2, 0.25) is 0 Å². The number of rotatable bonds is 5. The first-order valence-corrected chi connectivity index (χ1v) is 6.73. The zero-order chi connectivity index (χ0) is 13.7. The van der Waals surface area contributed by atoms with Gasteiger partial charge in [-0.25, -0.2) is 0 Å². The molecule has 0 fully saturated rings. The molecule has 0 saturated heterocycles. The van der Waals surface area contributed by atoms with Crippen molar-refractivity contribution >= 4 is 17.3 Å². The van der Waals surface area contributed by atoms with Gasteiger partial charge in [0, 0.05) is 26.2 Å². The van der Waals surface area contributed by atoms with E-state index < -0.39 is 0 Å². The maximum Gasteiger partial charge on any atom is 0.253 e. The molecule has 1 atom stereocenters. The number of carbonyl (C=O) groups is 1. The molecule has 0 radical (unpaired) electrons. The molecule has 1 amide bonds. The maximum absolute atomic E-state index is 12.2. The number of hydrogen-bond acceptors (Lipinski definition) is 4. The molecule has 1 aromatic carbocycles. The van der Waals surface area contributed by atoms with Crippen LogP contribution in [0.5, 0.6) is 0 Å². The normalized spacial score (nSPS) is 14.8. The molecule has 0 spiro atoms. The van der Waals surface area contributed by atoms with Gasteiger partial charge in [0.15, 0.2) is 0 Å². The smallest absolute Gasteiger partial charge is 0.253 e. The van der Waals surface area contributed by atoms with Crippen molar-refractivity contribution in [1.29, 1.82) is 0 Å². The highest BCUT2D eigenvalue weighted by Crippen LogP contribution is 2.28. The van der Waals surface area contributed by atoms with E-state index in [4.69, 9.17) is 4.74 Å². The van der Waals surface area contributed by atoms with Crippen molar-refractivity contribution < 1.29 is 9.53 Å². The molecular formula is C14H21N3O2. The number of benzene rings is 1. The van der Waals surface area contributed by atoms with Crippen molar-refractivity contribution in [2.75, 3.05) is 36.9 Å². The molecule has 1 aliphatic heterocycles. The van der Waals surface area contributed by atoms with Crippen molar-refractivity contribution in [2.24, 2.45) is 0 Å². The summed E-state index contributed by atoms with van der Waals surface area (Å²) < 4.78 is 5.40. The molecule has 5 nitrogen and oxygen atoms in total. The molecular weight excluding hydrogens is 242 g/mol. The zero-order valence-electron chi connectivity index (χ0n) is 11.5. The predicted molar refractivity (Wildman–Crippen MR) is 76.8 cm³/mol. The van der Waals surface area contributed by atoms with Gasteiger partial charge in [0.1, 0.15) is 0 Å². The average molecular weight is 263 g/mol. The van der Waals surface area contributed by atoms with E-state index in [1.54, 1.807) is 0 Å². The molecule has 0 aliphatic carbocycles. The minimum atomic E-state index is -0.0698. The standard InChI is InChI=1S/C14H21N3O2/c1-3-19-10(2)9-17-14(18)11-5-4-6-12-13(11)16-8-7-15-12/h4-6,10,15-16H,3,7-9H2,1-2H3,(H,17,18). The lowest BCUT2D eigenvalue weighted by atomic mass is 10.1. The van der Waals surface area contributed by atoms with Crippen LogP contribution in [-0.2, 0) is 4.74 Å². The average Bonchev–Trinajstić information content (AvgIpc) is 2.44. The van der Waals surface area contributed by atoms with Crippen molar-refractivity contribution in [3.05, 3.63) is 23.8 Å². The van der Waals surface area contributed by atoms with Crippen LogP contribution in [-0.4, -0.2) is 38.3 Å². The van der Waals surface area contributed by atoms with Gasteiger partial charge < -0.3 is 20.7 Å². The van der Waals surface area contributed by atoms with Crippen LogP contribution < -0.4 is 16.0 Å². The van der Waals surface area contributed by atoms with Gasteiger partial charge in [-0.3, -0.25) is 4.79 Å². The number of amides is 1. The topological polar surface area (TPSA) is 62.4 Å². The summed E-state index contributed by atoms with van der Waals surface area (Å²) in [4.78, 5) is 12.2. The first-order chi connectivity index (χ1) is 9.22. The molecule has 3 N–H and O–H groups in total. The SMILES string of the molecule is CCOC(C)CNC(=O)c1cccc2c1NCCN2. The zero-order valence-corrected chi connectivity index (χ0v) is 11.5. The van der Waals surface area contributed by atoms with Crippen molar-refractivity contribution in [1.82, 2.24) is 5.32 Å². The minimum absolute atomic E-state index is 0.0274. The van der Waals surface area contributed by atoms with Crippen LogP contribution in [0, 0.1) is 0 Å². The van der Waals surface area contributed by atoms with E-state index in [0.29, 0.717) is 18.7 Å². The van der Waals surface area contributed by atoms with E-state index in [1.807, 2.05) is 32.0 Å². The Hall–Kier alpha value is -1.75. The monoisotopic (exact) mass is 263 g/mol. The number of hydrogen-bond donors (Lipinski definition) is 3. The Bertz CT molecular complexity index is 448. The fraction of sp³-hybridized carbons (Fsp3) is 0.500. The third-order valence-electron chi connectivity index (χ3n) is 3.05. The molecule has 1 unspecified atom stereocenters. The summed E-state index contributed by atoms with van der Waals surface area (Å²) in [5.74, 6) is -0.0698. The van der Waals surface area contributed by atoms with Gasteiger partial charge in [0.05, 0.1) is 23.0 Å². The Morgan fingerprint density at radius 2 is 2.21 bits per heavy atom. The number of fused-ring (bicyclic) bond motifs is 1. The fourth-order valence-electron chi connectivity index (χ4n) is 2.14. The summed E-state index contributed by atoms with van der Waals surface area (Å²) in [6.07, 6.45) is 0.0274. The van der Waals surface area contributed by atoms with Crippen molar-refractivity contribution in [2.45, 2.75) is 20.0 Å². The van der Waals surface area contributed by atoms with E-state index in [9.17, 15) is 4.79 Å². The lowest BCUT2D eigenvalue weighted by Crippen LogP contribution is -2.33. The van der Waals surface area contributed by atoms with Gasteiger partial charge in [0.25, 0.3) is 5.91 Å². The molecule has 0 aromatic heterocycles. The first kappa shape index (κ1) is 13.7. The Labute approximate surface area is 113 Å². The number of nitrogens with one attached hydrogen (secondary N) is 3. The minimum Gasteiger partial charge on any atom is -0.382 e. The van der Waals surface area contributed by atoms with Crippen LogP contribution in [0.15, 0.2) is 18.2 Å². The Balaban J connectivity index is 2.03. The van der Waals surface area contributed by atoms with Crippen LogP contribution in [0.1, 0.15) is 24.2 Å². The fourth-order valence-corrected chi connectivity index (χ4v) is 2.14. The lowest BCUT2D eigenvalue weighted by molar-refractivity contribution is 0.0695. The highest BCUT2D eigenvalue weighted by Gasteiger charge is 2.17. The third-order valence-corrected chi connectivity index (χ3v) is 3.05. The third kappa shape index (κ3) is 3.38. The number of ether oxygens (including phenoxy) is 1. The molecule has 1 aromatic rings. The van der Waals surface area contributed by atoms with Gasteiger partial charge in [-0.1, -0.05) is 6.07 Å². The Morgan fingerprint density at radius 3 is 3.00 bits per heavy atom. The van der Waals surface area contributed by atoms with E-state index in [0.717, 1.165) is 24.5 Å². The lowest BCUT2D eigenvalue weighted by Gasteiger charge is -2.22. The van der Waals surface area contributed by atoms with Crippen LogP contribution in [0.2, 0.25) is 0 Å². The molecule has 1 heterocycles. The van der Waals surface area contributed by atoms with Crippen LogP contribution in [0.3, 0.4) is 0 Å². The number of anilines is 2. The van der Waals surface area contributed by atoms with Gasteiger partial charge in [-0.05, 0) is 26.0 Å². The van der Waals surface area contributed by atoms with E-state index in [-0.39, 0.29) is 12.0 Å². The first-order valence-electron chi connectivity index (χ1n) is 6.73. The van der Waals surface area contributed by atoms with Crippen LogP contribution in [0.4, 0.5) is 11.4 Å². The molecule has 0 bridgehead atoms.